The van der Waals surface area contributed by atoms with Crippen molar-refractivity contribution in [3.63, 3.8) is 0 Å². The number of piperidine rings is 1. The first kappa shape index (κ1) is 24.9. The van der Waals surface area contributed by atoms with Crippen LogP contribution in [-0.4, -0.2) is 37.4 Å². The molecule has 0 atom stereocenters. The second kappa shape index (κ2) is 10.9. The van der Waals surface area contributed by atoms with Crippen molar-refractivity contribution in [3.8, 4) is 5.75 Å². The lowest BCUT2D eigenvalue weighted by molar-refractivity contribution is 0.0839. The Labute approximate surface area is 198 Å². The van der Waals surface area contributed by atoms with Crippen LogP contribution < -0.4 is 10.2 Å². The lowest BCUT2D eigenvalue weighted by Crippen LogP contribution is -2.37. The lowest BCUT2D eigenvalue weighted by atomic mass is 9.89. The minimum atomic E-state index is -0.328. The van der Waals surface area contributed by atoms with Crippen LogP contribution in [0.2, 0.25) is 0 Å². The van der Waals surface area contributed by atoms with Crippen LogP contribution in [0.25, 0.3) is 11.0 Å². The number of hydrogen-bond acceptors (Lipinski definition) is 5. The van der Waals surface area contributed by atoms with Crippen LogP contribution in [0.4, 0.5) is 4.39 Å². The fraction of sp³-hybridized carbons (Fsp3) is 0.385. The Balaban J connectivity index is 0.00000306. The van der Waals surface area contributed by atoms with Gasteiger partial charge in [0.05, 0.1) is 12.5 Å². The molecule has 0 spiro atoms. The normalized spacial score (nSPS) is 14.8. The number of likely N-dealkylation sites (tertiary alicyclic amines) is 1. The number of ether oxygens (including phenoxy) is 1. The fourth-order valence-electron chi connectivity index (χ4n) is 4.49. The van der Waals surface area contributed by atoms with Crippen molar-refractivity contribution in [3.05, 3.63) is 75.4 Å². The van der Waals surface area contributed by atoms with E-state index in [1.165, 1.54) is 12.1 Å². The first-order valence-corrected chi connectivity index (χ1v) is 11.1. The van der Waals surface area contributed by atoms with E-state index in [4.69, 9.17) is 9.15 Å². The van der Waals surface area contributed by atoms with E-state index in [1.807, 2.05) is 6.92 Å². The Bertz CT molecular complexity index is 1170. The summed E-state index contributed by atoms with van der Waals surface area (Å²) in [5, 5.41) is 0.546. The molecule has 1 saturated heterocycles. The number of halogens is 2. The molecule has 0 amide bonds. The van der Waals surface area contributed by atoms with Gasteiger partial charge in [0.15, 0.2) is 11.2 Å². The predicted molar refractivity (Wildman–Crippen MR) is 129 cm³/mol. The van der Waals surface area contributed by atoms with Gasteiger partial charge in [0.2, 0.25) is 0 Å². The summed E-state index contributed by atoms with van der Waals surface area (Å²) < 4.78 is 24.2. The molecule has 33 heavy (non-hydrogen) atoms. The standard InChI is InChI=1S/C26H28FNO4.ClH/c1-17-22(26(30)23-16-21(31-2)9-10-24(23)32-17)4-3-13-28-14-11-19(12-15-28)25(29)18-5-7-20(27)8-6-18;/h5-10,16,19H,3-4,11-15H2,1-2H3;1H. The highest BCUT2D eigenvalue weighted by Gasteiger charge is 2.25. The van der Waals surface area contributed by atoms with Gasteiger partial charge >= 0.3 is 0 Å². The molecule has 3 aromatic rings. The largest absolute Gasteiger partial charge is 0.497 e. The molecule has 0 unspecified atom stereocenters. The number of carbonyl (C=O) groups is 1. The molecule has 7 heteroatoms. The number of ketones is 1. The molecule has 1 aromatic heterocycles. The quantitative estimate of drug-likeness (QED) is 0.441. The summed E-state index contributed by atoms with van der Waals surface area (Å²) in [6.07, 6.45) is 3.09. The van der Waals surface area contributed by atoms with Crippen molar-refractivity contribution in [1.29, 1.82) is 0 Å². The minimum Gasteiger partial charge on any atom is -0.497 e. The number of fused-ring (bicyclic) bond motifs is 1. The van der Waals surface area contributed by atoms with Crippen LogP contribution in [0.15, 0.2) is 51.7 Å². The molecule has 0 bridgehead atoms. The summed E-state index contributed by atoms with van der Waals surface area (Å²) in [5.41, 5.74) is 1.88. The van der Waals surface area contributed by atoms with E-state index in [0.717, 1.165) is 38.9 Å². The van der Waals surface area contributed by atoms with Crippen molar-refractivity contribution in [2.24, 2.45) is 5.92 Å². The van der Waals surface area contributed by atoms with Gasteiger partial charge in [-0.05, 0) is 94.7 Å². The van der Waals surface area contributed by atoms with Crippen LogP contribution >= 0.6 is 12.4 Å². The van der Waals surface area contributed by atoms with Crippen molar-refractivity contribution in [1.82, 2.24) is 4.90 Å². The van der Waals surface area contributed by atoms with Gasteiger partial charge in [0.1, 0.15) is 22.9 Å². The number of nitrogens with zero attached hydrogens (tertiary/aromatic N) is 1. The third-order valence-corrected chi connectivity index (χ3v) is 6.38. The van der Waals surface area contributed by atoms with Crippen LogP contribution in [-0.2, 0) is 6.42 Å². The maximum Gasteiger partial charge on any atom is 0.196 e. The van der Waals surface area contributed by atoms with Gasteiger partial charge in [-0.2, -0.15) is 0 Å². The Morgan fingerprint density at radius 3 is 2.52 bits per heavy atom. The summed E-state index contributed by atoms with van der Waals surface area (Å²) in [6, 6.07) is 11.1. The first-order chi connectivity index (χ1) is 15.5. The van der Waals surface area contributed by atoms with Gasteiger partial charge in [-0.25, -0.2) is 4.39 Å². The van der Waals surface area contributed by atoms with Gasteiger partial charge in [0, 0.05) is 17.0 Å². The molecule has 2 aromatic carbocycles. The number of rotatable bonds is 7. The first-order valence-electron chi connectivity index (χ1n) is 11.1. The second-order valence-electron chi connectivity index (χ2n) is 8.42. The number of methoxy groups -OCH3 is 1. The highest BCUT2D eigenvalue weighted by molar-refractivity contribution is 5.97. The van der Waals surface area contributed by atoms with Crippen molar-refractivity contribution in [2.75, 3.05) is 26.7 Å². The summed E-state index contributed by atoms with van der Waals surface area (Å²) >= 11 is 0. The zero-order chi connectivity index (χ0) is 22.7. The van der Waals surface area contributed by atoms with E-state index in [9.17, 15) is 14.0 Å². The van der Waals surface area contributed by atoms with Crippen LogP contribution in [0.5, 0.6) is 5.75 Å². The Morgan fingerprint density at radius 2 is 1.85 bits per heavy atom. The zero-order valence-corrected chi connectivity index (χ0v) is 19.8. The number of hydrogen-bond donors (Lipinski definition) is 0. The third kappa shape index (κ3) is 5.63. The van der Waals surface area contributed by atoms with Crippen molar-refractivity contribution >= 4 is 29.2 Å². The molecule has 1 aliphatic rings. The second-order valence-corrected chi connectivity index (χ2v) is 8.42. The molecule has 1 aliphatic heterocycles. The molecule has 4 rings (SSSR count). The molecule has 176 valence electrons. The summed E-state index contributed by atoms with van der Waals surface area (Å²) in [7, 11) is 1.58. The molecule has 0 saturated carbocycles. The van der Waals surface area contributed by atoms with E-state index >= 15 is 0 Å². The smallest absolute Gasteiger partial charge is 0.196 e. The molecule has 0 N–H and O–H groups in total. The Hall–Kier alpha value is -2.70. The monoisotopic (exact) mass is 473 g/mol. The summed E-state index contributed by atoms with van der Waals surface area (Å²) in [4.78, 5) is 28.0. The summed E-state index contributed by atoms with van der Waals surface area (Å²) in [5.74, 6) is 1.06. The van der Waals surface area contributed by atoms with Crippen LogP contribution in [0.1, 0.15) is 40.9 Å². The van der Waals surface area contributed by atoms with E-state index in [0.29, 0.717) is 40.0 Å². The van der Waals surface area contributed by atoms with Crippen LogP contribution in [0, 0.1) is 18.7 Å². The SMILES string of the molecule is COc1ccc2oc(C)c(CCCN3CCC(C(=O)c4ccc(F)cc4)CC3)c(=O)c2c1.Cl. The summed E-state index contributed by atoms with van der Waals surface area (Å²) in [6.45, 7) is 4.40. The average molecular weight is 474 g/mol. The number of aryl methyl sites for hydroxylation is 1. The molecule has 2 heterocycles. The van der Waals surface area contributed by atoms with E-state index in [1.54, 1.807) is 37.4 Å². The van der Waals surface area contributed by atoms with E-state index in [-0.39, 0.29) is 35.4 Å². The highest BCUT2D eigenvalue weighted by Crippen LogP contribution is 2.24. The average Bonchev–Trinajstić information content (AvgIpc) is 2.81. The molecular weight excluding hydrogens is 445 g/mol. The van der Waals surface area contributed by atoms with Crippen molar-refractivity contribution in [2.45, 2.75) is 32.6 Å². The Kier molecular flexibility index (Phi) is 8.27. The van der Waals surface area contributed by atoms with Crippen LogP contribution in [0.3, 0.4) is 0 Å². The van der Waals surface area contributed by atoms with Gasteiger partial charge in [-0.1, -0.05) is 0 Å². The molecule has 1 fully saturated rings. The maximum absolute atomic E-state index is 13.1. The maximum atomic E-state index is 13.1. The minimum absolute atomic E-state index is 0. The number of Topliss-reactive ketones (excluding diaryl/α,β-unsaturated/α-hetero) is 1. The van der Waals surface area contributed by atoms with Crippen molar-refractivity contribution < 1.29 is 18.3 Å². The number of carbonyl (C=O) groups excluding carboxylic acids is 1. The molecular formula is C26H29ClFNO4. The molecule has 0 aliphatic carbocycles. The lowest BCUT2D eigenvalue weighted by Gasteiger charge is -2.31. The molecule has 5 nitrogen and oxygen atoms in total. The van der Waals surface area contributed by atoms with E-state index in [2.05, 4.69) is 4.90 Å². The highest BCUT2D eigenvalue weighted by atomic mass is 35.5. The Morgan fingerprint density at radius 1 is 1.15 bits per heavy atom. The van der Waals surface area contributed by atoms with Gasteiger partial charge < -0.3 is 14.1 Å². The van der Waals surface area contributed by atoms with Gasteiger partial charge in [-0.15, -0.1) is 12.4 Å². The topological polar surface area (TPSA) is 59.8 Å². The zero-order valence-electron chi connectivity index (χ0n) is 18.9. The predicted octanol–water partition coefficient (Wildman–Crippen LogP) is 5.20. The number of benzene rings is 2. The third-order valence-electron chi connectivity index (χ3n) is 6.38. The van der Waals surface area contributed by atoms with Gasteiger partial charge in [-0.3, -0.25) is 9.59 Å². The van der Waals surface area contributed by atoms with Gasteiger partial charge in [0.25, 0.3) is 0 Å². The fourth-order valence-corrected chi connectivity index (χ4v) is 4.49. The van der Waals surface area contributed by atoms with E-state index < -0.39 is 0 Å². The molecule has 0 radical (unpaired) electrons.